The lowest BCUT2D eigenvalue weighted by Crippen LogP contribution is -2.43. The molecule has 2 rings (SSSR count). The molecule has 0 unspecified atom stereocenters. The van der Waals surface area contributed by atoms with Gasteiger partial charge in [-0.2, -0.15) is 0 Å². The number of carbonyl (C=O) groups is 1. The van der Waals surface area contributed by atoms with E-state index in [1.807, 2.05) is 36.4 Å². The molecular weight excluding hydrogens is 342 g/mol. The van der Waals surface area contributed by atoms with E-state index in [0.29, 0.717) is 6.61 Å². The van der Waals surface area contributed by atoms with Crippen LogP contribution in [0.5, 0.6) is 0 Å². The number of ether oxygens (including phenoxy) is 1. The average Bonchev–Trinajstić information content (AvgIpc) is 2.60. The van der Waals surface area contributed by atoms with E-state index in [9.17, 15) is 18.3 Å². The summed E-state index contributed by atoms with van der Waals surface area (Å²) in [6, 6.07) is 17.1. The van der Waals surface area contributed by atoms with Crippen molar-refractivity contribution in [2.45, 2.75) is 19.1 Å². The van der Waals surface area contributed by atoms with Gasteiger partial charge in [-0.05, 0) is 17.5 Å². The number of sulfonamides is 1. The van der Waals surface area contributed by atoms with Crippen molar-refractivity contribution in [3.63, 3.8) is 0 Å². The van der Waals surface area contributed by atoms with Crippen LogP contribution >= 0.6 is 0 Å². The molecule has 0 heterocycles. The van der Waals surface area contributed by atoms with Gasteiger partial charge in [0.25, 0.3) is 0 Å². The Morgan fingerprint density at radius 2 is 1.56 bits per heavy atom. The molecule has 25 heavy (non-hydrogen) atoms. The van der Waals surface area contributed by atoms with Gasteiger partial charge < -0.3 is 9.84 Å². The summed E-state index contributed by atoms with van der Waals surface area (Å²) in [6.45, 7) is 0.296. The van der Waals surface area contributed by atoms with Gasteiger partial charge in [0.15, 0.2) is 0 Å². The Labute approximate surface area is 147 Å². The standard InChI is InChI=1S/C18H21NO5S/c20-18(21)17(13-15-7-3-1-4-8-15)19-25(22,23)12-11-24-14-16-9-5-2-6-10-16/h1-10,17,19H,11-14H2,(H,20,21)/t17-/m0/s1. The Balaban J connectivity index is 1.83. The Morgan fingerprint density at radius 3 is 2.12 bits per heavy atom. The first kappa shape index (κ1) is 19.1. The van der Waals surface area contributed by atoms with Crippen molar-refractivity contribution in [2.24, 2.45) is 0 Å². The number of hydrogen-bond acceptors (Lipinski definition) is 4. The molecule has 0 aliphatic rings. The summed E-state index contributed by atoms with van der Waals surface area (Å²) >= 11 is 0. The maximum absolute atomic E-state index is 12.1. The van der Waals surface area contributed by atoms with Crippen molar-refractivity contribution in [2.75, 3.05) is 12.4 Å². The fourth-order valence-corrected chi connectivity index (χ4v) is 3.31. The molecule has 2 aromatic carbocycles. The number of nitrogens with one attached hydrogen (secondary N) is 1. The topological polar surface area (TPSA) is 92.7 Å². The van der Waals surface area contributed by atoms with Gasteiger partial charge in [-0.25, -0.2) is 13.1 Å². The lowest BCUT2D eigenvalue weighted by atomic mass is 10.1. The summed E-state index contributed by atoms with van der Waals surface area (Å²) in [5.41, 5.74) is 1.69. The largest absolute Gasteiger partial charge is 0.480 e. The maximum Gasteiger partial charge on any atom is 0.322 e. The molecule has 0 aliphatic heterocycles. The van der Waals surface area contributed by atoms with E-state index in [1.165, 1.54) is 0 Å². The molecule has 1 atom stereocenters. The van der Waals surface area contributed by atoms with Gasteiger partial charge in [0.2, 0.25) is 10.0 Å². The fraction of sp³-hybridized carbons (Fsp3) is 0.278. The molecule has 0 saturated carbocycles. The predicted molar refractivity (Wildman–Crippen MR) is 94.6 cm³/mol. The van der Waals surface area contributed by atoms with Crippen LogP contribution in [0.2, 0.25) is 0 Å². The Morgan fingerprint density at radius 1 is 1.00 bits per heavy atom. The van der Waals surface area contributed by atoms with Gasteiger partial charge in [-0.15, -0.1) is 0 Å². The molecular formula is C18H21NO5S. The molecule has 0 amide bonds. The van der Waals surface area contributed by atoms with Crippen molar-refractivity contribution in [1.82, 2.24) is 4.72 Å². The molecule has 2 aromatic rings. The Kier molecular flexibility index (Phi) is 7.12. The highest BCUT2D eigenvalue weighted by atomic mass is 32.2. The quantitative estimate of drug-likeness (QED) is 0.628. The summed E-state index contributed by atoms with van der Waals surface area (Å²) in [5, 5.41) is 9.26. The summed E-state index contributed by atoms with van der Waals surface area (Å²) in [5.74, 6) is -1.50. The molecule has 6 nitrogen and oxygen atoms in total. The van der Waals surface area contributed by atoms with Crippen molar-refractivity contribution in [3.8, 4) is 0 Å². The third-order valence-corrected chi connectivity index (χ3v) is 4.86. The molecule has 0 fully saturated rings. The highest BCUT2D eigenvalue weighted by Gasteiger charge is 2.24. The number of carboxylic acid groups (broad SMARTS) is 1. The van der Waals surface area contributed by atoms with E-state index >= 15 is 0 Å². The summed E-state index contributed by atoms with van der Waals surface area (Å²) < 4.78 is 31.8. The summed E-state index contributed by atoms with van der Waals surface area (Å²) in [7, 11) is -3.76. The van der Waals surface area contributed by atoms with Crippen LogP contribution in [-0.2, 0) is 32.6 Å². The lowest BCUT2D eigenvalue weighted by molar-refractivity contribution is -0.138. The van der Waals surface area contributed by atoms with Crippen LogP contribution in [0, 0.1) is 0 Å². The predicted octanol–water partition coefficient (Wildman–Crippen LogP) is 1.82. The van der Waals surface area contributed by atoms with Crippen LogP contribution in [0.1, 0.15) is 11.1 Å². The number of rotatable bonds is 10. The highest BCUT2D eigenvalue weighted by Crippen LogP contribution is 2.05. The number of hydrogen-bond donors (Lipinski definition) is 2. The first-order valence-electron chi connectivity index (χ1n) is 7.85. The van der Waals surface area contributed by atoms with Gasteiger partial charge in [-0.1, -0.05) is 60.7 Å². The highest BCUT2D eigenvalue weighted by molar-refractivity contribution is 7.89. The zero-order valence-electron chi connectivity index (χ0n) is 13.7. The number of carboxylic acids is 1. The van der Waals surface area contributed by atoms with Crippen molar-refractivity contribution >= 4 is 16.0 Å². The first-order chi connectivity index (χ1) is 12.0. The van der Waals surface area contributed by atoms with Crippen molar-refractivity contribution in [3.05, 3.63) is 71.8 Å². The SMILES string of the molecule is O=C(O)[C@H](Cc1ccccc1)NS(=O)(=O)CCOCc1ccccc1. The normalized spacial score (nSPS) is 12.6. The van der Waals surface area contributed by atoms with Crippen LogP contribution in [0.4, 0.5) is 0 Å². The smallest absolute Gasteiger partial charge is 0.322 e. The van der Waals surface area contributed by atoms with Gasteiger partial charge >= 0.3 is 5.97 Å². The van der Waals surface area contributed by atoms with Gasteiger partial charge in [0.05, 0.1) is 19.0 Å². The molecule has 0 saturated heterocycles. The van der Waals surface area contributed by atoms with Gasteiger partial charge in [0, 0.05) is 0 Å². The Hall–Kier alpha value is -2.22. The van der Waals surface area contributed by atoms with Crippen LogP contribution in [-0.4, -0.2) is 37.9 Å². The van der Waals surface area contributed by atoms with E-state index in [1.54, 1.807) is 24.3 Å². The zero-order valence-corrected chi connectivity index (χ0v) is 14.5. The molecule has 0 aliphatic carbocycles. The second-order valence-corrected chi connectivity index (χ2v) is 7.43. The second-order valence-electron chi connectivity index (χ2n) is 5.56. The lowest BCUT2D eigenvalue weighted by Gasteiger charge is -2.15. The third-order valence-electron chi connectivity index (χ3n) is 3.51. The number of aliphatic carboxylic acids is 1. The Bertz CT molecular complexity index is 763. The minimum atomic E-state index is -3.76. The monoisotopic (exact) mass is 363 g/mol. The van der Waals surface area contributed by atoms with Crippen LogP contribution in [0.3, 0.4) is 0 Å². The van der Waals surface area contributed by atoms with E-state index in [2.05, 4.69) is 4.72 Å². The average molecular weight is 363 g/mol. The van der Waals surface area contributed by atoms with E-state index in [0.717, 1.165) is 11.1 Å². The van der Waals surface area contributed by atoms with Crippen molar-refractivity contribution < 1.29 is 23.1 Å². The first-order valence-corrected chi connectivity index (χ1v) is 9.50. The molecule has 0 bridgehead atoms. The van der Waals surface area contributed by atoms with Gasteiger partial charge in [-0.3, -0.25) is 4.79 Å². The molecule has 0 spiro atoms. The molecule has 0 aromatic heterocycles. The molecule has 134 valence electrons. The zero-order chi connectivity index (χ0) is 18.1. The fourth-order valence-electron chi connectivity index (χ4n) is 2.24. The minimum absolute atomic E-state index is 0.0120. The van der Waals surface area contributed by atoms with E-state index in [4.69, 9.17) is 4.74 Å². The molecule has 2 N–H and O–H groups in total. The second kappa shape index (κ2) is 9.31. The minimum Gasteiger partial charge on any atom is -0.480 e. The molecule has 7 heteroatoms. The number of benzene rings is 2. The summed E-state index contributed by atoms with van der Waals surface area (Å²) in [6.07, 6.45) is 0.0836. The van der Waals surface area contributed by atoms with Gasteiger partial charge in [0.1, 0.15) is 6.04 Å². The van der Waals surface area contributed by atoms with Crippen LogP contribution < -0.4 is 4.72 Å². The summed E-state index contributed by atoms with van der Waals surface area (Å²) in [4.78, 5) is 11.3. The van der Waals surface area contributed by atoms with Crippen LogP contribution in [0.25, 0.3) is 0 Å². The van der Waals surface area contributed by atoms with Crippen molar-refractivity contribution in [1.29, 1.82) is 0 Å². The maximum atomic E-state index is 12.1. The third kappa shape index (κ3) is 7.04. The van der Waals surface area contributed by atoms with Crippen LogP contribution in [0.15, 0.2) is 60.7 Å². The van der Waals surface area contributed by atoms with E-state index in [-0.39, 0.29) is 18.8 Å². The van der Waals surface area contributed by atoms with E-state index < -0.39 is 22.0 Å². The molecule has 0 radical (unpaired) electrons.